The molecule has 1 aliphatic rings. The van der Waals surface area contributed by atoms with Crippen LogP contribution in [-0.4, -0.2) is 27.8 Å². The van der Waals surface area contributed by atoms with Crippen LogP contribution in [0.3, 0.4) is 0 Å². The van der Waals surface area contributed by atoms with Gasteiger partial charge in [0.25, 0.3) is 0 Å². The van der Waals surface area contributed by atoms with E-state index in [1.807, 2.05) is 5.38 Å². The molecule has 2 aromatic heterocycles. The van der Waals surface area contributed by atoms with E-state index in [4.69, 9.17) is 0 Å². The first-order chi connectivity index (χ1) is 12.1. The Kier molecular flexibility index (Phi) is 3.89. The van der Waals surface area contributed by atoms with E-state index in [1.165, 1.54) is 29.8 Å². The quantitative estimate of drug-likeness (QED) is 0.705. The fraction of sp³-hybridized carbons (Fsp3) is 0.176. The summed E-state index contributed by atoms with van der Waals surface area (Å²) in [6.45, 7) is 0. The first kappa shape index (κ1) is 15.6. The number of fused-ring (bicyclic) bond motifs is 1. The molecule has 1 fully saturated rings. The van der Waals surface area contributed by atoms with Crippen LogP contribution in [0, 0.1) is 5.82 Å². The zero-order chi connectivity index (χ0) is 17.4. The predicted molar refractivity (Wildman–Crippen MR) is 92.6 cm³/mol. The van der Waals surface area contributed by atoms with E-state index in [2.05, 4.69) is 20.6 Å². The van der Waals surface area contributed by atoms with Gasteiger partial charge in [0.05, 0.1) is 5.39 Å². The number of hydrogen-bond acceptors (Lipinski definition) is 6. The Hall–Kier alpha value is -2.87. The maximum Gasteiger partial charge on any atom is 0.249 e. The van der Waals surface area contributed by atoms with Crippen LogP contribution in [0.2, 0.25) is 0 Å². The lowest BCUT2D eigenvalue weighted by Gasteiger charge is -2.22. The van der Waals surface area contributed by atoms with Gasteiger partial charge in [0.2, 0.25) is 11.8 Å². The number of rotatable bonds is 3. The summed E-state index contributed by atoms with van der Waals surface area (Å²) in [5.74, 6) is -0.401. The number of piperidine rings is 1. The molecule has 0 spiro atoms. The molecular formula is C17H13FN4O2S. The first-order valence-corrected chi connectivity index (χ1v) is 8.58. The summed E-state index contributed by atoms with van der Waals surface area (Å²) >= 11 is 1.45. The van der Waals surface area contributed by atoms with Crippen LogP contribution >= 0.6 is 11.3 Å². The van der Waals surface area contributed by atoms with Gasteiger partial charge >= 0.3 is 0 Å². The van der Waals surface area contributed by atoms with Crippen LogP contribution in [0.1, 0.15) is 12.8 Å². The zero-order valence-electron chi connectivity index (χ0n) is 13.0. The van der Waals surface area contributed by atoms with Crippen molar-refractivity contribution in [2.24, 2.45) is 0 Å². The molecule has 4 rings (SSSR count). The Balaban J connectivity index is 1.74. The lowest BCUT2D eigenvalue weighted by molar-refractivity contribution is -0.133. The van der Waals surface area contributed by atoms with Crippen molar-refractivity contribution in [3.63, 3.8) is 0 Å². The van der Waals surface area contributed by atoms with E-state index >= 15 is 0 Å². The van der Waals surface area contributed by atoms with Crippen LogP contribution in [-0.2, 0) is 9.59 Å². The average Bonchev–Trinajstić information content (AvgIpc) is 3.03. The summed E-state index contributed by atoms with van der Waals surface area (Å²) in [5, 5.41) is 8.15. The largest absolute Gasteiger partial charge is 0.358 e. The normalized spacial score (nSPS) is 17.6. The smallest absolute Gasteiger partial charge is 0.249 e. The number of amides is 2. The maximum atomic E-state index is 13.2. The second kappa shape index (κ2) is 6.21. The van der Waals surface area contributed by atoms with Gasteiger partial charge < -0.3 is 5.32 Å². The number of thiophene rings is 1. The van der Waals surface area contributed by atoms with Crippen molar-refractivity contribution in [1.29, 1.82) is 0 Å². The van der Waals surface area contributed by atoms with Gasteiger partial charge in [-0.2, -0.15) is 0 Å². The summed E-state index contributed by atoms with van der Waals surface area (Å²) in [5.41, 5.74) is 1.71. The summed E-state index contributed by atoms with van der Waals surface area (Å²) in [6.07, 6.45) is 2.12. The number of halogens is 1. The topological polar surface area (TPSA) is 84.0 Å². The number of carbonyl (C=O) groups is 2. The Morgan fingerprint density at radius 3 is 2.76 bits per heavy atom. The van der Waals surface area contributed by atoms with Gasteiger partial charge in [0.1, 0.15) is 28.8 Å². The maximum absolute atomic E-state index is 13.2. The molecule has 126 valence electrons. The molecular weight excluding hydrogens is 343 g/mol. The molecule has 2 amide bonds. The summed E-state index contributed by atoms with van der Waals surface area (Å²) < 4.78 is 13.2. The summed E-state index contributed by atoms with van der Waals surface area (Å²) in [6, 6.07) is 5.65. The molecule has 0 bridgehead atoms. The Bertz CT molecular complexity index is 970. The van der Waals surface area contributed by atoms with E-state index < -0.39 is 6.04 Å². The Labute approximate surface area is 146 Å². The minimum atomic E-state index is -0.531. The van der Waals surface area contributed by atoms with Crippen molar-refractivity contribution < 1.29 is 14.0 Å². The van der Waals surface area contributed by atoms with E-state index in [9.17, 15) is 14.0 Å². The second-order valence-electron chi connectivity index (χ2n) is 5.71. The van der Waals surface area contributed by atoms with E-state index in [0.717, 1.165) is 21.3 Å². The highest BCUT2D eigenvalue weighted by molar-refractivity contribution is 7.17. The highest BCUT2D eigenvalue weighted by Crippen LogP contribution is 2.36. The van der Waals surface area contributed by atoms with Crippen molar-refractivity contribution in [2.75, 3.05) is 5.32 Å². The van der Waals surface area contributed by atoms with Gasteiger partial charge in [-0.3, -0.25) is 14.9 Å². The lowest BCUT2D eigenvalue weighted by Crippen LogP contribution is -2.47. The number of nitrogens with zero attached hydrogens (tertiary/aromatic N) is 2. The van der Waals surface area contributed by atoms with E-state index in [-0.39, 0.29) is 24.1 Å². The Morgan fingerprint density at radius 1 is 1.20 bits per heavy atom. The Morgan fingerprint density at radius 2 is 2.00 bits per heavy atom. The van der Waals surface area contributed by atoms with Crippen molar-refractivity contribution in [1.82, 2.24) is 15.3 Å². The third-order valence-corrected chi connectivity index (χ3v) is 4.96. The van der Waals surface area contributed by atoms with Gasteiger partial charge in [-0.05, 0) is 24.1 Å². The number of anilines is 1. The van der Waals surface area contributed by atoms with Crippen LogP contribution in [0.5, 0.6) is 0 Å². The molecule has 0 saturated carbocycles. The number of benzene rings is 1. The lowest BCUT2D eigenvalue weighted by atomic mass is 10.0. The van der Waals surface area contributed by atoms with Crippen LogP contribution < -0.4 is 10.6 Å². The molecule has 1 atom stereocenters. The van der Waals surface area contributed by atoms with Gasteiger partial charge in [-0.1, -0.05) is 12.1 Å². The molecule has 0 unspecified atom stereocenters. The number of carbonyl (C=O) groups excluding carboxylic acids is 2. The molecule has 1 saturated heterocycles. The molecule has 25 heavy (non-hydrogen) atoms. The highest BCUT2D eigenvalue weighted by Gasteiger charge is 2.27. The van der Waals surface area contributed by atoms with Crippen molar-refractivity contribution in [2.45, 2.75) is 18.9 Å². The number of hydrogen-bond donors (Lipinski definition) is 2. The third kappa shape index (κ3) is 2.96. The fourth-order valence-corrected chi connectivity index (χ4v) is 3.74. The van der Waals surface area contributed by atoms with E-state index in [0.29, 0.717) is 12.2 Å². The number of nitrogens with one attached hydrogen (secondary N) is 2. The van der Waals surface area contributed by atoms with Crippen LogP contribution in [0.4, 0.5) is 10.2 Å². The number of aromatic nitrogens is 2. The van der Waals surface area contributed by atoms with Crippen molar-refractivity contribution in [3.8, 4) is 11.1 Å². The molecule has 3 heterocycles. The summed E-state index contributed by atoms with van der Waals surface area (Å²) in [7, 11) is 0. The van der Waals surface area contributed by atoms with Crippen molar-refractivity contribution in [3.05, 3.63) is 41.8 Å². The molecule has 1 aromatic carbocycles. The first-order valence-electron chi connectivity index (χ1n) is 7.70. The molecule has 3 aromatic rings. The summed E-state index contributed by atoms with van der Waals surface area (Å²) in [4.78, 5) is 32.6. The SMILES string of the molecule is O=C1CC[C@@H](Nc2ncnc3scc(-c4ccc(F)cc4)c23)C(=O)N1. The van der Waals surface area contributed by atoms with Crippen LogP contribution in [0.15, 0.2) is 36.0 Å². The minimum absolute atomic E-state index is 0.265. The monoisotopic (exact) mass is 356 g/mol. The van der Waals surface area contributed by atoms with Gasteiger partial charge in [-0.25, -0.2) is 14.4 Å². The van der Waals surface area contributed by atoms with Gasteiger partial charge in [-0.15, -0.1) is 11.3 Å². The molecule has 1 aliphatic heterocycles. The molecule has 8 heteroatoms. The van der Waals surface area contributed by atoms with E-state index in [1.54, 1.807) is 12.1 Å². The molecule has 6 nitrogen and oxygen atoms in total. The third-order valence-electron chi connectivity index (χ3n) is 4.08. The fourth-order valence-electron chi connectivity index (χ4n) is 2.82. The van der Waals surface area contributed by atoms with Crippen molar-refractivity contribution >= 4 is 39.2 Å². The minimum Gasteiger partial charge on any atom is -0.358 e. The van der Waals surface area contributed by atoms with Gasteiger partial charge in [0, 0.05) is 17.4 Å². The second-order valence-corrected chi connectivity index (χ2v) is 6.56. The molecule has 0 aliphatic carbocycles. The van der Waals surface area contributed by atoms with Gasteiger partial charge in [0.15, 0.2) is 0 Å². The molecule has 2 N–H and O–H groups in total. The molecule has 0 radical (unpaired) electrons. The highest BCUT2D eigenvalue weighted by atomic mass is 32.1. The van der Waals surface area contributed by atoms with Crippen LogP contribution in [0.25, 0.3) is 21.3 Å². The predicted octanol–water partition coefficient (Wildman–Crippen LogP) is 2.71. The zero-order valence-corrected chi connectivity index (χ0v) is 13.8. The number of imide groups is 1. The average molecular weight is 356 g/mol. The standard InChI is InChI=1S/C17H13FN4O2S/c18-10-3-1-9(2-4-10)11-7-25-17-14(11)15(19-8-20-17)21-12-5-6-13(23)22-16(12)24/h1-4,7-8,12H,5-6H2,(H,19,20,21)(H,22,23,24)/t12-/m1/s1.